The van der Waals surface area contributed by atoms with Gasteiger partial charge in [-0.05, 0) is 30.9 Å². The molecular weight excluding hydrogens is 230 g/mol. The lowest BCUT2D eigenvalue weighted by molar-refractivity contribution is 0.401. The van der Waals surface area contributed by atoms with Crippen LogP contribution in [0.2, 0.25) is 0 Å². The molecule has 0 radical (unpaired) electrons. The van der Waals surface area contributed by atoms with Crippen LogP contribution in [0.5, 0.6) is 0 Å². The van der Waals surface area contributed by atoms with E-state index in [0.29, 0.717) is 0 Å². The quantitative estimate of drug-likeness (QED) is 0.849. The molecule has 0 amide bonds. The first kappa shape index (κ1) is 13.8. The van der Waals surface area contributed by atoms with E-state index >= 15 is 0 Å². The molecule has 2 N–H and O–H groups in total. The molecule has 19 heavy (non-hydrogen) atoms. The van der Waals surface area contributed by atoms with E-state index in [4.69, 9.17) is 5.73 Å². The Morgan fingerprint density at radius 2 is 1.58 bits per heavy atom. The molecule has 2 aromatic rings. The Labute approximate surface area is 116 Å². The number of rotatable bonds is 5. The van der Waals surface area contributed by atoms with Crippen LogP contribution in [0.1, 0.15) is 36.5 Å². The van der Waals surface area contributed by atoms with Crippen LogP contribution in [-0.4, -0.2) is 0 Å². The van der Waals surface area contributed by atoms with E-state index < -0.39 is 0 Å². The molecule has 0 saturated carbocycles. The second-order valence-corrected chi connectivity index (χ2v) is 5.43. The minimum atomic E-state index is -0.259. The van der Waals surface area contributed by atoms with Gasteiger partial charge in [0.25, 0.3) is 0 Å². The predicted molar refractivity (Wildman–Crippen MR) is 82.1 cm³/mol. The highest BCUT2D eigenvalue weighted by molar-refractivity contribution is 5.29. The van der Waals surface area contributed by atoms with Gasteiger partial charge in [0.1, 0.15) is 0 Å². The molecule has 2 rings (SSSR count). The Morgan fingerprint density at radius 1 is 0.947 bits per heavy atom. The van der Waals surface area contributed by atoms with Crippen molar-refractivity contribution in [2.24, 2.45) is 5.73 Å². The van der Waals surface area contributed by atoms with Crippen molar-refractivity contribution in [2.75, 3.05) is 0 Å². The molecule has 0 aliphatic rings. The summed E-state index contributed by atoms with van der Waals surface area (Å²) >= 11 is 0. The van der Waals surface area contributed by atoms with Crippen molar-refractivity contribution in [1.82, 2.24) is 0 Å². The van der Waals surface area contributed by atoms with Crippen LogP contribution < -0.4 is 5.73 Å². The summed E-state index contributed by atoms with van der Waals surface area (Å²) in [6.45, 7) is 4.31. The smallest absolute Gasteiger partial charge is 0.0450 e. The number of nitrogens with two attached hydrogens (primary N) is 1. The highest BCUT2D eigenvalue weighted by atomic mass is 14.7. The normalized spacial score (nSPS) is 14.1. The molecule has 2 aromatic carbocycles. The summed E-state index contributed by atoms with van der Waals surface area (Å²) in [5, 5.41) is 0. The van der Waals surface area contributed by atoms with Crippen LogP contribution in [0.4, 0.5) is 0 Å². The number of aryl methyl sites for hydroxylation is 1. The average Bonchev–Trinajstić information content (AvgIpc) is 2.43. The van der Waals surface area contributed by atoms with Gasteiger partial charge >= 0.3 is 0 Å². The molecule has 1 nitrogen and oxygen atoms in total. The van der Waals surface area contributed by atoms with Gasteiger partial charge in [-0.25, -0.2) is 0 Å². The summed E-state index contributed by atoms with van der Waals surface area (Å²) in [6, 6.07) is 19.2. The van der Waals surface area contributed by atoms with Crippen molar-refractivity contribution < 1.29 is 0 Å². The maximum Gasteiger partial charge on any atom is 0.0450 e. The predicted octanol–water partition coefficient (Wildman–Crippen LogP) is 4.19. The molecule has 1 atom stereocenters. The number of hydrogen-bond acceptors (Lipinski definition) is 1. The summed E-state index contributed by atoms with van der Waals surface area (Å²) in [5.41, 5.74) is 10.3. The minimum absolute atomic E-state index is 0.259. The van der Waals surface area contributed by atoms with Crippen LogP contribution >= 0.6 is 0 Å². The molecule has 100 valence electrons. The highest BCUT2D eigenvalue weighted by Gasteiger charge is 2.26. The van der Waals surface area contributed by atoms with E-state index in [1.807, 2.05) is 6.07 Å². The van der Waals surface area contributed by atoms with Crippen molar-refractivity contribution in [2.45, 2.75) is 38.6 Å². The van der Waals surface area contributed by atoms with E-state index in [1.165, 1.54) is 16.7 Å². The first-order valence-corrected chi connectivity index (χ1v) is 7.04. The van der Waals surface area contributed by atoms with Gasteiger partial charge in [-0.3, -0.25) is 0 Å². The van der Waals surface area contributed by atoms with Crippen molar-refractivity contribution in [3.8, 4) is 0 Å². The molecule has 0 bridgehead atoms. The van der Waals surface area contributed by atoms with Crippen molar-refractivity contribution in [1.29, 1.82) is 0 Å². The van der Waals surface area contributed by atoms with Crippen molar-refractivity contribution in [3.05, 3.63) is 71.3 Å². The largest absolute Gasteiger partial charge is 0.321 e. The van der Waals surface area contributed by atoms with Gasteiger partial charge in [-0.1, -0.05) is 73.5 Å². The van der Waals surface area contributed by atoms with E-state index in [-0.39, 0.29) is 5.54 Å². The van der Waals surface area contributed by atoms with Crippen LogP contribution in [0.15, 0.2) is 54.6 Å². The lowest BCUT2D eigenvalue weighted by Gasteiger charge is -2.30. The zero-order valence-corrected chi connectivity index (χ0v) is 11.9. The zero-order valence-electron chi connectivity index (χ0n) is 11.9. The third-order valence-corrected chi connectivity index (χ3v) is 3.68. The van der Waals surface area contributed by atoms with Crippen molar-refractivity contribution >= 4 is 0 Å². The molecule has 0 fully saturated rings. The lowest BCUT2D eigenvalue weighted by Crippen LogP contribution is -2.38. The fourth-order valence-electron chi connectivity index (χ4n) is 2.62. The van der Waals surface area contributed by atoms with Gasteiger partial charge in [-0.15, -0.1) is 0 Å². The summed E-state index contributed by atoms with van der Waals surface area (Å²) in [6.07, 6.45) is 2.99. The van der Waals surface area contributed by atoms with E-state index in [9.17, 15) is 0 Å². The van der Waals surface area contributed by atoms with Crippen LogP contribution in [0.3, 0.4) is 0 Å². The Kier molecular flexibility index (Phi) is 4.39. The fourth-order valence-corrected chi connectivity index (χ4v) is 2.62. The Bertz CT molecular complexity index is 501. The molecule has 0 aromatic heterocycles. The first-order valence-electron chi connectivity index (χ1n) is 7.04. The topological polar surface area (TPSA) is 26.0 Å². The lowest BCUT2D eigenvalue weighted by atomic mass is 9.81. The summed E-state index contributed by atoms with van der Waals surface area (Å²) in [4.78, 5) is 0. The second kappa shape index (κ2) is 6.03. The molecule has 0 heterocycles. The van der Waals surface area contributed by atoms with Crippen LogP contribution in [0, 0.1) is 6.92 Å². The summed E-state index contributed by atoms with van der Waals surface area (Å²) < 4.78 is 0. The van der Waals surface area contributed by atoms with Gasteiger partial charge in [0.15, 0.2) is 0 Å². The second-order valence-electron chi connectivity index (χ2n) is 5.43. The minimum Gasteiger partial charge on any atom is -0.321 e. The monoisotopic (exact) mass is 253 g/mol. The summed E-state index contributed by atoms with van der Waals surface area (Å²) in [5.74, 6) is 0. The molecule has 0 aliphatic carbocycles. The Morgan fingerprint density at radius 3 is 2.16 bits per heavy atom. The summed E-state index contributed by atoms with van der Waals surface area (Å²) in [7, 11) is 0. The average molecular weight is 253 g/mol. The third-order valence-electron chi connectivity index (χ3n) is 3.68. The van der Waals surface area contributed by atoms with Gasteiger partial charge in [0.05, 0.1) is 0 Å². The SMILES string of the molecule is CCCC(N)(Cc1ccc(C)cc1)c1ccccc1. The van der Waals surface area contributed by atoms with Crippen LogP contribution in [0.25, 0.3) is 0 Å². The molecule has 0 saturated heterocycles. The van der Waals surface area contributed by atoms with Gasteiger partial charge in [0, 0.05) is 5.54 Å². The molecule has 0 aliphatic heterocycles. The third kappa shape index (κ3) is 3.45. The van der Waals surface area contributed by atoms with E-state index in [1.54, 1.807) is 0 Å². The Hall–Kier alpha value is -1.60. The number of hydrogen-bond donors (Lipinski definition) is 1. The van der Waals surface area contributed by atoms with E-state index in [0.717, 1.165) is 19.3 Å². The molecule has 1 unspecified atom stereocenters. The Balaban J connectivity index is 2.27. The fraction of sp³-hybridized carbons (Fsp3) is 0.333. The van der Waals surface area contributed by atoms with Crippen LogP contribution in [-0.2, 0) is 12.0 Å². The van der Waals surface area contributed by atoms with Crippen molar-refractivity contribution in [3.63, 3.8) is 0 Å². The highest BCUT2D eigenvalue weighted by Crippen LogP contribution is 2.28. The zero-order chi connectivity index (χ0) is 13.7. The molecule has 1 heteroatoms. The maximum atomic E-state index is 6.70. The molecular formula is C18H23N. The first-order chi connectivity index (χ1) is 9.14. The van der Waals surface area contributed by atoms with Gasteiger partial charge in [-0.2, -0.15) is 0 Å². The van der Waals surface area contributed by atoms with Gasteiger partial charge in [0.2, 0.25) is 0 Å². The maximum absolute atomic E-state index is 6.70. The standard InChI is InChI=1S/C18H23N/c1-3-13-18(19,17-7-5-4-6-8-17)14-16-11-9-15(2)10-12-16/h4-12H,3,13-14,19H2,1-2H3. The molecule has 0 spiro atoms. The van der Waals surface area contributed by atoms with Gasteiger partial charge < -0.3 is 5.73 Å². The van der Waals surface area contributed by atoms with E-state index in [2.05, 4.69) is 62.4 Å². The number of benzene rings is 2.